The van der Waals surface area contributed by atoms with Crippen molar-refractivity contribution in [3.8, 4) is 5.88 Å². The summed E-state index contributed by atoms with van der Waals surface area (Å²) in [5.41, 5.74) is 7.16. The third kappa shape index (κ3) is 3.12. The summed E-state index contributed by atoms with van der Waals surface area (Å²) in [6.07, 6.45) is -1.40. The van der Waals surface area contributed by atoms with Gasteiger partial charge in [-0.2, -0.15) is 5.10 Å². The van der Waals surface area contributed by atoms with E-state index in [-0.39, 0.29) is 17.3 Å². The molecule has 3 N–H and O–H groups in total. The molecule has 0 unspecified atom stereocenters. The predicted molar refractivity (Wildman–Crippen MR) is 63.3 cm³/mol. The molecule has 0 fully saturated rings. The smallest absolute Gasteiger partial charge is 0.272 e. The van der Waals surface area contributed by atoms with Gasteiger partial charge in [0.05, 0.1) is 11.3 Å². The lowest BCUT2D eigenvalue weighted by Gasteiger charge is -2.14. The number of rotatable bonds is 6. The van der Waals surface area contributed by atoms with Gasteiger partial charge in [-0.25, -0.2) is 8.78 Å². The Hall–Kier alpha value is -1.79. The van der Waals surface area contributed by atoms with Crippen LogP contribution in [0.3, 0.4) is 0 Å². The van der Waals surface area contributed by atoms with Gasteiger partial charge in [0, 0.05) is 0 Å². The summed E-state index contributed by atoms with van der Waals surface area (Å²) in [6, 6.07) is 0. The Morgan fingerprint density at radius 2 is 2.00 bits per heavy atom. The number of alkyl halides is 2. The van der Waals surface area contributed by atoms with Crippen LogP contribution in [0, 0.1) is 5.41 Å². The highest BCUT2D eigenvalue weighted by atomic mass is 19.3. The van der Waals surface area contributed by atoms with E-state index in [9.17, 15) is 8.78 Å². The first-order valence-electron chi connectivity index (χ1n) is 5.64. The van der Waals surface area contributed by atoms with Crippen LogP contribution in [0.25, 0.3) is 0 Å². The van der Waals surface area contributed by atoms with Crippen molar-refractivity contribution in [1.82, 2.24) is 10.2 Å². The summed E-state index contributed by atoms with van der Waals surface area (Å²) in [5, 5.41) is 15.2. The number of nitrogen functional groups attached to an aromatic ring is 1. The molecule has 0 aliphatic heterocycles. The molecule has 0 aromatic carbocycles. The fraction of sp³-hybridized carbons (Fsp3) is 0.545. The number of nitrogens with one attached hydrogen (secondary N) is 1. The Morgan fingerprint density at radius 1 is 1.33 bits per heavy atom. The van der Waals surface area contributed by atoms with Crippen molar-refractivity contribution in [2.24, 2.45) is 5.73 Å². The van der Waals surface area contributed by atoms with Crippen molar-refractivity contribution >= 4 is 5.84 Å². The van der Waals surface area contributed by atoms with Crippen LogP contribution in [0.5, 0.6) is 5.88 Å². The zero-order chi connectivity index (χ0) is 13.7. The van der Waals surface area contributed by atoms with Crippen LogP contribution in [0.15, 0.2) is 0 Å². The van der Waals surface area contributed by atoms with Gasteiger partial charge in [0.1, 0.15) is 5.84 Å². The number of ether oxygens (including phenoxy) is 1. The summed E-state index contributed by atoms with van der Waals surface area (Å²) in [5.74, 6) is -0.349. The molecule has 18 heavy (non-hydrogen) atoms. The lowest BCUT2D eigenvalue weighted by molar-refractivity contribution is 0.0788. The number of aromatic nitrogens is 2. The third-order valence-electron chi connectivity index (χ3n) is 2.43. The van der Waals surface area contributed by atoms with Crippen LogP contribution in [0.4, 0.5) is 8.78 Å². The van der Waals surface area contributed by atoms with Crippen LogP contribution < -0.4 is 10.5 Å². The largest absolute Gasteiger partial charge is 0.470 e. The Kier molecular flexibility index (Phi) is 4.94. The Bertz CT molecular complexity index is 437. The van der Waals surface area contributed by atoms with Crippen LogP contribution >= 0.6 is 0 Å². The predicted octanol–water partition coefficient (Wildman–Crippen LogP) is 1.53. The minimum absolute atomic E-state index is 0.100. The monoisotopic (exact) mass is 258 g/mol. The Labute approximate surface area is 104 Å². The SMILES string of the molecule is CCc1nnc(OCC(F)F)c(C(=N)N)c1CC. The second kappa shape index (κ2) is 6.23. The van der Waals surface area contributed by atoms with E-state index in [0.717, 1.165) is 5.56 Å². The van der Waals surface area contributed by atoms with Crippen molar-refractivity contribution in [1.29, 1.82) is 5.41 Å². The lowest BCUT2D eigenvalue weighted by atomic mass is 10.0. The molecule has 0 bridgehead atoms. The fourth-order valence-corrected chi connectivity index (χ4v) is 1.68. The molecule has 0 spiro atoms. The molecule has 1 rings (SSSR count). The van der Waals surface area contributed by atoms with Gasteiger partial charge in [0.25, 0.3) is 6.43 Å². The van der Waals surface area contributed by atoms with Crippen LogP contribution in [0.2, 0.25) is 0 Å². The molecule has 0 saturated heterocycles. The van der Waals surface area contributed by atoms with E-state index in [2.05, 4.69) is 10.2 Å². The highest BCUT2D eigenvalue weighted by molar-refractivity contribution is 5.98. The van der Waals surface area contributed by atoms with Crippen molar-refractivity contribution in [3.63, 3.8) is 0 Å². The van der Waals surface area contributed by atoms with Gasteiger partial charge in [-0.3, -0.25) is 5.41 Å². The van der Waals surface area contributed by atoms with Crippen molar-refractivity contribution < 1.29 is 13.5 Å². The minimum Gasteiger partial charge on any atom is -0.470 e. The average molecular weight is 258 g/mol. The average Bonchev–Trinajstić information content (AvgIpc) is 2.34. The van der Waals surface area contributed by atoms with E-state index in [0.29, 0.717) is 18.5 Å². The normalized spacial score (nSPS) is 10.7. The Balaban J connectivity index is 3.21. The van der Waals surface area contributed by atoms with E-state index in [1.807, 2.05) is 13.8 Å². The number of halogens is 2. The van der Waals surface area contributed by atoms with Gasteiger partial charge in [0.15, 0.2) is 6.61 Å². The van der Waals surface area contributed by atoms with Gasteiger partial charge < -0.3 is 10.5 Å². The third-order valence-corrected chi connectivity index (χ3v) is 2.43. The summed E-state index contributed by atoms with van der Waals surface area (Å²) >= 11 is 0. The molecule has 100 valence electrons. The molecule has 0 saturated carbocycles. The molecule has 0 aliphatic rings. The van der Waals surface area contributed by atoms with Crippen molar-refractivity contribution in [2.75, 3.05) is 6.61 Å². The minimum atomic E-state index is -2.61. The molecule has 0 radical (unpaired) electrons. The van der Waals surface area contributed by atoms with E-state index in [4.69, 9.17) is 15.9 Å². The van der Waals surface area contributed by atoms with Crippen molar-refractivity contribution in [2.45, 2.75) is 33.1 Å². The van der Waals surface area contributed by atoms with Crippen LogP contribution in [-0.2, 0) is 12.8 Å². The summed E-state index contributed by atoms with van der Waals surface area (Å²) < 4.78 is 29.1. The first-order chi connectivity index (χ1) is 8.51. The molecule has 1 heterocycles. The molecular formula is C11H16F2N4O. The molecule has 1 aromatic heterocycles. The van der Waals surface area contributed by atoms with E-state index >= 15 is 0 Å². The van der Waals surface area contributed by atoms with Gasteiger partial charge in [-0.1, -0.05) is 13.8 Å². The summed E-state index contributed by atoms with van der Waals surface area (Å²) in [4.78, 5) is 0. The molecule has 0 amide bonds. The number of aryl methyl sites for hydroxylation is 1. The maximum absolute atomic E-state index is 12.1. The zero-order valence-electron chi connectivity index (χ0n) is 10.3. The van der Waals surface area contributed by atoms with Gasteiger partial charge >= 0.3 is 0 Å². The van der Waals surface area contributed by atoms with Crippen molar-refractivity contribution in [3.05, 3.63) is 16.8 Å². The van der Waals surface area contributed by atoms with Gasteiger partial charge in [0.2, 0.25) is 5.88 Å². The number of hydrogen-bond donors (Lipinski definition) is 2. The Morgan fingerprint density at radius 3 is 2.44 bits per heavy atom. The van der Waals surface area contributed by atoms with Gasteiger partial charge in [-0.05, 0) is 18.4 Å². The molecular weight excluding hydrogens is 242 g/mol. The molecule has 7 heteroatoms. The standard InChI is InChI=1S/C11H16F2N4O/c1-3-6-7(4-2)16-17-11(9(6)10(14)15)18-5-8(12)13/h8H,3-5H2,1-2H3,(H3,14,15). The van der Waals surface area contributed by atoms with Gasteiger partial charge in [-0.15, -0.1) is 5.10 Å². The first kappa shape index (κ1) is 14.3. The zero-order valence-corrected chi connectivity index (χ0v) is 10.3. The lowest BCUT2D eigenvalue weighted by Crippen LogP contribution is -2.20. The van der Waals surface area contributed by atoms with Crippen LogP contribution in [-0.4, -0.2) is 29.1 Å². The second-order valence-electron chi connectivity index (χ2n) is 3.63. The number of amidine groups is 1. The topological polar surface area (TPSA) is 84.9 Å². The number of nitrogens with zero attached hydrogens (tertiary/aromatic N) is 2. The van der Waals surface area contributed by atoms with E-state index < -0.39 is 13.0 Å². The van der Waals surface area contributed by atoms with E-state index in [1.165, 1.54) is 0 Å². The molecule has 1 aromatic rings. The first-order valence-corrected chi connectivity index (χ1v) is 5.64. The fourth-order valence-electron chi connectivity index (χ4n) is 1.68. The maximum Gasteiger partial charge on any atom is 0.272 e. The maximum atomic E-state index is 12.1. The highest BCUT2D eigenvalue weighted by Gasteiger charge is 2.19. The number of nitrogens with two attached hydrogens (primary N) is 1. The van der Waals surface area contributed by atoms with E-state index in [1.54, 1.807) is 0 Å². The molecule has 0 aliphatic carbocycles. The molecule has 0 atom stereocenters. The molecule has 5 nitrogen and oxygen atoms in total. The van der Waals surface area contributed by atoms with Crippen LogP contribution in [0.1, 0.15) is 30.7 Å². The quantitative estimate of drug-likeness (QED) is 0.598. The summed E-state index contributed by atoms with van der Waals surface area (Å²) in [6.45, 7) is 2.98. The summed E-state index contributed by atoms with van der Waals surface area (Å²) in [7, 11) is 0. The number of hydrogen-bond acceptors (Lipinski definition) is 4. The second-order valence-corrected chi connectivity index (χ2v) is 3.63. The highest BCUT2D eigenvalue weighted by Crippen LogP contribution is 2.22.